The van der Waals surface area contributed by atoms with E-state index in [0.29, 0.717) is 0 Å². The molecule has 0 fully saturated rings. The van der Waals surface area contributed by atoms with Crippen LogP contribution in [-0.2, 0) is 4.74 Å². The fourth-order valence-electron chi connectivity index (χ4n) is 1.81. The van der Waals surface area contributed by atoms with Gasteiger partial charge in [0.25, 0.3) is 5.91 Å². The minimum Gasteiger partial charge on any atom is -0.507 e. The Morgan fingerprint density at radius 2 is 1.59 bits per heavy atom. The first-order valence-corrected chi connectivity index (χ1v) is 6.17. The number of hydrogen-bond acceptors (Lipinski definition) is 6. The van der Waals surface area contributed by atoms with E-state index in [-0.39, 0.29) is 22.6 Å². The molecule has 2 aromatic carbocycles. The molecule has 114 valence electrons. The average molecular weight is 303 g/mol. The summed E-state index contributed by atoms with van der Waals surface area (Å²) in [5, 5.41) is 31.0. The third-order valence-electron chi connectivity index (χ3n) is 2.92. The molecule has 7 nitrogen and oxygen atoms in total. The lowest BCUT2D eigenvalue weighted by Crippen LogP contribution is -2.15. The van der Waals surface area contributed by atoms with Crippen LogP contribution in [0.3, 0.4) is 0 Å². The molecule has 0 heterocycles. The van der Waals surface area contributed by atoms with Gasteiger partial charge in [0.15, 0.2) is 11.5 Å². The van der Waals surface area contributed by atoms with Crippen molar-refractivity contribution in [1.82, 2.24) is 0 Å². The Balaban J connectivity index is 2.40. The van der Waals surface area contributed by atoms with Crippen LogP contribution in [-0.4, -0.2) is 34.3 Å². The number of aromatic hydroxyl groups is 3. The van der Waals surface area contributed by atoms with Crippen molar-refractivity contribution in [2.75, 3.05) is 12.4 Å². The Morgan fingerprint density at radius 3 is 2.23 bits per heavy atom. The molecule has 22 heavy (non-hydrogen) atoms. The molecule has 1 amide bonds. The summed E-state index contributed by atoms with van der Waals surface area (Å²) in [6.07, 6.45) is 0. The van der Waals surface area contributed by atoms with E-state index in [1.165, 1.54) is 12.1 Å². The molecule has 2 rings (SSSR count). The van der Waals surface area contributed by atoms with Gasteiger partial charge < -0.3 is 25.4 Å². The smallest absolute Gasteiger partial charge is 0.340 e. The fraction of sp³-hybridized carbons (Fsp3) is 0.0667. The number of rotatable bonds is 3. The molecule has 0 aliphatic heterocycles. The summed E-state index contributed by atoms with van der Waals surface area (Å²) in [7, 11) is 1.14. The Hall–Kier alpha value is -3.22. The zero-order valence-corrected chi connectivity index (χ0v) is 11.5. The molecule has 0 radical (unpaired) electrons. The van der Waals surface area contributed by atoms with Gasteiger partial charge in [-0.1, -0.05) is 12.1 Å². The quantitative estimate of drug-likeness (QED) is 0.390. The van der Waals surface area contributed by atoms with Gasteiger partial charge in [-0.25, -0.2) is 4.79 Å². The van der Waals surface area contributed by atoms with Gasteiger partial charge in [0.1, 0.15) is 5.75 Å². The molecule has 0 aromatic heterocycles. The number of benzene rings is 2. The van der Waals surface area contributed by atoms with Gasteiger partial charge in [0.2, 0.25) is 0 Å². The number of para-hydroxylation sites is 1. The first kappa shape index (κ1) is 15.2. The normalized spacial score (nSPS) is 10.0. The molecule has 4 N–H and O–H groups in total. The SMILES string of the molecule is COC(=O)c1cc(O)c(O)cc1NC(=O)c1ccccc1O. The predicted octanol–water partition coefficient (Wildman–Crippen LogP) is 1.84. The lowest BCUT2D eigenvalue weighted by molar-refractivity contribution is 0.0601. The molecule has 0 unspecified atom stereocenters. The third-order valence-corrected chi connectivity index (χ3v) is 2.92. The molecule has 0 atom stereocenters. The molecule has 0 spiro atoms. The predicted molar refractivity (Wildman–Crippen MR) is 77.2 cm³/mol. The molecule has 0 aliphatic carbocycles. The number of amides is 1. The van der Waals surface area contributed by atoms with E-state index in [0.717, 1.165) is 19.2 Å². The second-order valence-corrected chi connectivity index (χ2v) is 4.35. The number of carbonyl (C=O) groups is 2. The van der Waals surface area contributed by atoms with E-state index >= 15 is 0 Å². The van der Waals surface area contributed by atoms with E-state index < -0.39 is 23.4 Å². The number of esters is 1. The summed E-state index contributed by atoms with van der Waals surface area (Å²) in [6.45, 7) is 0. The van der Waals surface area contributed by atoms with Crippen LogP contribution in [0.4, 0.5) is 5.69 Å². The number of phenols is 3. The van der Waals surface area contributed by atoms with E-state index in [1.807, 2.05) is 0 Å². The second kappa shape index (κ2) is 6.04. The van der Waals surface area contributed by atoms with Crippen LogP contribution < -0.4 is 5.32 Å². The van der Waals surface area contributed by atoms with Crippen molar-refractivity contribution in [2.45, 2.75) is 0 Å². The van der Waals surface area contributed by atoms with Crippen molar-refractivity contribution in [3.05, 3.63) is 47.5 Å². The first-order valence-electron chi connectivity index (χ1n) is 6.17. The summed E-state index contributed by atoms with van der Waals surface area (Å²) >= 11 is 0. The zero-order valence-electron chi connectivity index (χ0n) is 11.5. The van der Waals surface area contributed by atoms with Crippen LogP contribution in [0.5, 0.6) is 17.2 Å². The van der Waals surface area contributed by atoms with Crippen LogP contribution in [0.25, 0.3) is 0 Å². The summed E-state index contributed by atoms with van der Waals surface area (Å²) < 4.78 is 4.55. The number of ether oxygens (including phenoxy) is 1. The van der Waals surface area contributed by atoms with Gasteiger partial charge >= 0.3 is 5.97 Å². The highest BCUT2D eigenvalue weighted by molar-refractivity contribution is 6.09. The lowest BCUT2D eigenvalue weighted by atomic mass is 10.1. The monoisotopic (exact) mass is 303 g/mol. The summed E-state index contributed by atoms with van der Waals surface area (Å²) in [6, 6.07) is 7.83. The van der Waals surface area contributed by atoms with Crippen LogP contribution in [0.1, 0.15) is 20.7 Å². The molecule has 0 saturated heterocycles. The Labute approximate surface area is 125 Å². The largest absolute Gasteiger partial charge is 0.507 e. The van der Waals surface area contributed by atoms with E-state index in [4.69, 9.17) is 0 Å². The van der Waals surface area contributed by atoms with Gasteiger partial charge in [-0.2, -0.15) is 0 Å². The van der Waals surface area contributed by atoms with Crippen molar-refractivity contribution < 1.29 is 29.6 Å². The number of carbonyl (C=O) groups excluding carboxylic acids is 2. The maximum Gasteiger partial charge on any atom is 0.340 e. The molecule has 7 heteroatoms. The maximum atomic E-state index is 12.1. The number of phenolic OH excluding ortho intramolecular Hbond substituents is 3. The van der Waals surface area contributed by atoms with Gasteiger partial charge in [0, 0.05) is 12.1 Å². The summed E-state index contributed by atoms with van der Waals surface area (Å²) in [4.78, 5) is 23.8. The van der Waals surface area contributed by atoms with Crippen molar-refractivity contribution in [1.29, 1.82) is 0 Å². The molecule has 0 bridgehead atoms. The van der Waals surface area contributed by atoms with E-state index in [1.54, 1.807) is 12.1 Å². The molecule has 0 aliphatic rings. The topological polar surface area (TPSA) is 116 Å². The number of methoxy groups -OCH3 is 1. The van der Waals surface area contributed by atoms with Crippen LogP contribution >= 0.6 is 0 Å². The Kier molecular flexibility index (Phi) is 4.17. The number of hydrogen-bond donors (Lipinski definition) is 4. The van der Waals surface area contributed by atoms with Crippen molar-refractivity contribution >= 4 is 17.6 Å². The lowest BCUT2D eigenvalue weighted by Gasteiger charge is -2.12. The molecular weight excluding hydrogens is 290 g/mol. The third kappa shape index (κ3) is 2.93. The van der Waals surface area contributed by atoms with Gasteiger partial charge in [-0.15, -0.1) is 0 Å². The van der Waals surface area contributed by atoms with Gasteiger partial charge in [-0.3, -0.25) is 4.79 Å². The Bertz CT molecular complexity index is 741. The zero-order chi connectivity index (χ0) is 16.3. The van der Waals surface area contributed by atoms with Crippen molar-refractivity contribution in [3.63, 3.8) is 0 Å². The number of anilines is 1. The fourth-order valence-corrected chi connectivity index (χ4v) is 1.81. The molecule has 0 saturated carbocycles. The highest BCUT2D eigenvalue weighted by atomic mass is 16.5. The van der Waals surface area contributed by atoms with E-state index in [2.05, 4.69) is 10.1 Å². The highest BCUT2D eigenvalue weighted by Gasteiger charge is 2.19. The number of nitrogens with one attached hydrogen (secondary N) is 1. The molecular formula is C15H13NO6. The minimum atomic E-state index is -0.803. The van der Waals surface area contributed by atoms with Gasteiger partial charge in [-0.05, 0) is 12.1 Å². The highest BCUT2D eigenvalue weighted by Crippen LogP contribution is 2.32. The van der Waals surface area contributed by atoms with E-state index in [9.17, 15) is 24.9 Å². The maximum absolute atomic E-state index is 12.1. The Morgan fingerprint density at radius 1 is 0.955 bits per heavy atom. The van der Waals surface area contributed by atoms with Crippen LogP contribution in [0, 0.1) is 0 Å². The first-order chi connectivity index (χ1) is 10.4. The van der Waals surface area contributed by atoms with Crippen molar-refractivity contribution in [2.24, 2.45) is 0 Å². The standard InChI is InChI=1S/C15H13NO6/c1-22-15(21)9-6-12(18)13(19)7-10(9)16-14(20)8-4-2-3-5-11(8)17/h2-7,17-19H,1H3,(H,16,20). The summed E-state index contributed by atoms with van der Waals surface area (Å²) in [5.74, 6) is -2.76. The van der Waals surface area contributed by atoms with Gasteiger partial charge in [0.05, 0.1) is 23.9 Å². The van der Waals surface area contributed by atoms with Crippen LogP contribution in [0.2, 0.25) is 0 Å². The van der Waals surface area contributed by atoms with Crippen LogP contribution in [0.15, 0.2) is 36.4 Å². The second-order valence-electron chi connectivity index (χ2n) is 4.35. The minimum absolute atomic E-state index is 0.00844. The van der Waals surface area contributed by atoms with Crippen molar-refractivity contribution in [3.8, 4) is 17.2 Å². The molecule has 2 aromatic rings. The average Bonchev–Trinajstić information content (AvgIpc) is 2.50. The summed E-state index contributed by atoms with van der Waals surface area (Å²) in [5.41, 5.74) is -0.206.